The fourth-order valence-electron chi connectivity index (χ4n) is 2.72. The zero-order valence-electron chi connectivity index (χ0n) is 10.2. The molecule has 0 heterocycles. The normalized spacial score (nSPS) is 24.5. The second kappa shape index (κ2) is 6.23. The zero-order valence-corrected chi connectivity index (χ0v) is 10.9. The number of hydrogen-bond acceptors (Lipinski definition) is 1. The molecule has 0 radical (unpaired) electrons. The quantitative estimate of drug-likeness (QED) is 0.849. The molecule has 0 amide bonds. The lowest BCUT2D eigenvalue weighted by Gasteiger charge is -2.32. The molecule has 0 aromatic heterocycles. The Morgan fingerprint density at radius 2 is 1.94 bits per heavy atom. The van der Waals surface area contributed by atoms with Crippen molar-refractivity contribution < 1.29 is 0 Å². The van der Waals surface area contributed by atoms with Crippen LogP contribution in [-0.2, 0) is 0 Å². The Kier molecular flexibility index (Phi) is 4.64. The number of halogens is 1. The fourth-order valence-corrected chi connectivity index (χ4v) is 2.79. The first-order chi connectivity index (χ1) is 8.27. The van der Waals surface area contributed by atoms with Crippen LogP contribution in [0.15, 0.2) is 41.9 Å². The monoisotopic (exact) mass is 249 g/mol. The van der Waals surface area contributed by atoms with Crippen LogP contribution in [0.4, 0.5) is 0 Å². The van der Waals surface area contributed by atoms with Crippen LogP contribution in [0, 0.1) is 0 Å². The van der Waals surface area contributed by atoms with Gasteiger partial charge in [-0.2, -0.15) is 0 Å². The van der Waals surface area contributed by atoms with Crippen molar-refractivity contribution in [2.24, 2.45) is 0 Å². The van der Waals surface area contributed by atoms with E-state index in [0.717, 1.165) is 6.54 Å². The first-order valence-corrected chi connectivity index (χ1v) is 6.77. The maximum Gasteiger partial charge on any atom is 0.0310 e. The molecule has 1 saturated carbocycles. The summed E-state index contributed by atoms with van der Waals surface area (Å²) in [7, 11) is 0. The maximum atomic E-state index is 5.83. The molecule has 2 heteroatoms. The Balaban J connectivity index is 2.04. The molecule has 1 aromatic carbocycles. The molecule has 1 nitrogen and oxygen atoms in total. The van der Waals surface area contributed by atoms with Gasteiger partial charge in [0.05, 0.1) is 0 Å². The summed E-state index contributed by atoms with van der Waals surface area (Å²) in [5.74, 6) is 0.626. The third kappa shape index (κ3) is 3.58. The van der Waals surface area contributed by atoms with Gasteiger partial charge in [-0.25, -0.2) is 0 Å². The minimum atomic E-state index is 0.543. The summed E-state index contributed by atoms with van der Waals surface area (Å²) >= 11 is 5.83. The molecule has 92 valence electrons. The predicted octanol–water partition coefficient (Wildman–Crippen LogP) is 4.05. The molecule has 2 rings (SSSR count). The van der Waals surface area contributed by atoms with Crippen LogP contribution in [0.3, 0.4) is 0 Å². The number of benzene rings is 1. The van der Waals surface area contributed by atoms with Gasteiger partial charge >= 0.3 is 0 Å². The van der Waals surface area contributed by atoms with Crippen molar-refractivity contribution in [2.45, 2.75) is 37.6 Å². The van der Waals surface area contributed by atoms with Crippen LogP contribution >= 0.6 is 11.6 Å². The van der Waals surface area contributed by atoms with Crippen molar-refractivity contribution in [1.29, 1.82) is 0 Å². The van der Waals surface area contributed by atoms with Gasteiger partial charge in [0.1, 0.15) is 0 Å². The van der Waals surface area contributed by atoms with Crippen molar-refractivity contribution >= 4 is 11.6 Å². The third-order valence-corrected chi connectivity index (χ3v) is 3.68. The largest absolute Gasteiger partial charge is 0.308 e. The molecule has 0 saturated heterocycles. The Morgan fingerprint density at radius 3 is 2.65 bits per heavy atom. The summed E-state index contributed by atoms with van der Waals surface area (Å²) in [5.41, 5.74) is 1.45. The topological polar surface area (TPSA) is 12.0 Å². The van der Waals surface area contributed by atoms with Gasteiger partial charge in [-0.1, -0.05) is 61.4 Å². The Morgan fingerprint density at radius 1 is 1.24 bits per heavy atom. The van der Waals surface area contributed by atoms with E-state index in [4.69, 9.17) is 11.6 Å². The van der Waals surface area contributed by atoms with Gasteiger partial charge in [-0.15, -0.1) is 0 Å². The van der Waals surface area contributed by atoms with Gasteiger partial charge in [0.2, 0.25) is 0 Å². The van der Waals surface area contributed by atoms with E-state index in [2.05, 4.69) is 42.2 Å². The second-order valence-electron chi connectivity index (χ2n) is 4.81. The van der Waals surface area contributed by atoms with E-state index in [9.17, 15) is 0 Å². The molecule has 17 heavy (non-hydrogen) atoms. The molecule has 0 spiro atoms. The zero-order chi connectivity index (χ0) is 12.1. The summed E-state index contributed by atoms with van der Waals surface area (Å²) in [6.07, 6.45) is 5.16. The lowest BCUT2D eigenvalue weighted by Crippen LogP contribution is -2.37. The van der Waals surface area contributed by atoms with E-state index in [0.29, 0.717) is 17.0 Å². The van der Waals surface area contributed by atoms with Gasteiger partial charge < -0.3 is 5.32 Å². The lowest BCUT2D eigenvalue weighted by molar-refractivity contribution is 0.336. The number of hydrogen-bond donors (Lipinski definition) is 1. The van der Waals surface area contributed by atoms with E-state index in [1.54, 1.807) is 0 Å². The SMILES string of the molecule is C=C(Cl)CNC1CCCCC1c1ccccc1. The predicted molar refractivity (Wildman–Crippen MR) is 74.4 cm³/mol. The van der Waals surface area contributed by atoms with E-state index in [-0.39, 0.29) is 0 Å². The summed E-state index contributed by atoms with van der Waals surface area (Å²) in [5, 5.41) is 4.23. The van der Waals surface area contributed by atoms with Crippen molar-refractivity contribution in [2.75, 3.05) is 6.54 Å². The molecule has 1 aromatic rings. The van der Waals surface area contributed by atoms with Crippen molar-refractivity contribution in [3.63, 3.8) is 0 Å². The summed E-state index contributed by atoms with van der Waals surface area (Å²) in [6.45, 7) is 4.46. The van der Waals surface area contributed by atoms with Crippen LogP contribution < -0.4 is 5.32 Å². The Bertz CT molecular complexity index is 360. The average Bonchev–Trinajstić information content (AvgIpc) is 2.38. The fraction of sp³-hybridized carbons (Fsp3) is 0.467. The van der Waals surface area contributed by atoms with Gasteiger partial charge in [0.25, 0.3) is 0 Å². The highest BCUT2D eigenvalue weighted by Gasteiger charge is 2.25. The second-order valence-corrected chi connectivity index (χ2v) is 5.34. The number of nitrogens with one attached hydrogen (secondary N) is 1. The number of rotatable bonds is 4. The molecule has 1 N–H and O–H groups in total. The maximum absolute atomic E-state index is 5.83. The van der Waals surface area contributed by atoms with Crippen molar-refractivity contribution in [3.05, 3.63) is 47.5 Å². The third-order valence-electron chi connectivity index (χ3n) is 3.55. The molecular formula is C15H20ClN. The van der Waals surface area contributed by atoms with Gasteiger partial charge in [-0.05, 0) is 24.3 Å². The Hall–Kier alpha value is -0.790. The van der Waals surface area contributed by atoms with Crippen LogP contribution in [0.25, 0.3) is 0 Å². The first-order valence-electron chi connectivity index (χ1n) is 6.39. The summed E-state index contributed by atoms with van der Waals surface area (Å²) in [6, 6.07) is 11.3. The van der Waals surface area contributed by atoms with Gasteiger partial charge in [0, 0.05) is 17.6 Å². The van der Waals surface area contributed by atoms with Crippen LogP contribution in [0.1, 0.15) is 37.2 Å². The highest BCUT2D eigenvalue weighted by molar-refractivity contribution is 6.29. The van der Waals surface area contributed by atoms with E-state index in [1.165, 1.54) is 31.2 Å². The smallest absolute Gasteiger partial charge is 0.0310 e. The molecule has 1 aliphatic carbocycles. The summed E-state index contributed by atoms with van der Waals surface area (Å²) in [4.78, 5) is 0. The first kappa shape index (κ1) is 12.7. The van der Waals surface area contributed by atoms with Crippen LogP contribution in [-0.4, -0.2) is 12.6 Å². The molecule has 2 unspecified atom stereocenters. The molecule has 0 aliphatic heterocycles. The molecular weight excluding hydrogens is 230 g/mol. The van der Waals surface area contributed by atoms with Crippen molar-refractivity contribution in [3.8, 4) is 0 Å². The van der Waals surface area contributed by atoms with Gasteiger partial charge in [-0.3, -0.25) is 0 Å². The van der Waals surface area contributed by atoms with Gasteiger partial charge in [0.15, 0.2) is 0 Å². The highest BCUT2D eigenvalue weighted by atomic mass is 35.5. The van der Waals surface area contributed by atoms with Crippen LogP contribution in [0.2, 0.25) is 0 Å². The van der Waals surface area contributed by atoms with E-state index < -0.39 is 0 Å². The standard InChI is InChI=1S/C15H20ClN/c1-12(16)11-17-15-10-6-5-9-14(15)13-7-3-2-4-8-13/h2-4,7-8,14-15,17H,1,5-6,9-11H2. The Labute approximate surface area is 109 Å². The van der Waals surface area contributed by atoms with E-state index >= 15 is 0 Å². The molecule has 1 fully saturated rings. The molecule has 0 bridgehead atoms. The van der Waals surface area contributed by atoms with E-state index in [1.807, 2.05) is 0 Å². The summed E-state index contributed by atoms with van der Waals surface area (Å²) < 4.78 is 0. The van der Waals surface area contributed by atoms with Crippen molar-refractivity contribution in [1.82, 2.24) is 5.32 Å². The molecule has 1 aliphatic rings. The minimum Gasteiger partial charge on any atom is -0.308 e. The van der Waals surface area contributed by atoms with Crippen LogP contribution in [0.5, 0.6) is 0 Å². The highest BCUT2D eigenvalue weighted by Crippen LogP contribution is 2.32. The lowest BCUT2D eigenvalue weighted by atomic mass is 9.80. The minimum absolute atomic E-state index is 0.543. The molecule has 2 atom stereocenters. The average molecular weight is 250 g/mol.